The minimum Gasteiger partial charge on any atom is -0.457 e. The third-order valence-electron chi connectivity index (χ3n) is 14.4. The molecule has 0 radical (unpaired) electrons. The van der Waals surface area contributed by atoms with Gasteiger partial charge in [-0.2, -0.15) is 0 Å². The van der Waals surface area contributed by atoms with E-state index in [1.165, 1.54) is 50.3 Å². The number of hydrogen-bond acceptors (Lipinski definition) is 4. The lowest BCUT2D eigenvalue weighted by Crippen LogP contribution is -2.34. The van der Waals surface area contributed by atoms with Crippen LogP contribution >= 0.6 is 0 Å². The largest absolute Gasteiger partial charge is 0.457 e. The molecule has 0 spiro atoms. The van der Waals surface area contributed by atoms with Crippen LogP contribution in [0.25, 0.3) is 38.8 Å². The van der Waals surface area contributed by atoms with Gasteiger partial charge in [0, 0.05) is 63.2 Å². The molecule has 2 aromatic heterocycles. The summed E-state index contributed by atoms with van der Waals surface area (Å²) in [7, 11) is 0. The first-order valence-corrected chi connectivity index (χ1v) is 24.4. The molecule has 5 nitrogen and oxygen atoms in total. The molecule has 0 saturated carbocycles. The molecule has 0 bridgehead atoms. The summed E-state index contributed by atoms with van der Waals surface area (Å²) in [6, 6.07) is 65.8. The molecule has 3 heterocycles. The quantitative estimate of drug-likeness (QED) is 0.137. The van der Waals surface area contributed by atoms with Gasteiger partial charge in [0.05, 0.1) is 17.7 Å². The molecule has 0 atom stereocenters. The summed E-state index contributed by atoms with van der Waals surface area (Å²) < 4.78 is 9.42. The van der Waals surface area contributed by atoms with E-state index < -0.39 is 0 Å². The van der Waals surface area contributed by atoms with E-state index in [1.807, 2.05) is 6.20 Å². The standard InChI is InChI=1S/C64H64N4O/c1-61(2,3)48-27-20-28-51(36-48)66-42-59(64(9,10)47-25-18-13-19-26-47)67(43-66)52-37-50(62(4,5)6)38-54(40-52)69-53-30-31-55-56-35-45(44-21-14-11-15-22-44)29-32-57(56)68(58(55)41-53)60-39-49(33-34-65-60)63(7,8)46-23-16-12-17-24-46/h11-42H,43H2,1-10H3. The number of fused-ring (bicyclic) bond motifs is 3. The topological polar surface area (TPSA) is 33.5 Å². The van der Waals surface area contributed by atoms with Gasteiger partial charge >= 0.3 is 0 Å². The van der Waals surface area contributed by atoms with Gasteiger partial charge in [-0.25, -0.2) is 4.98 Å². The van der Waals surface area contributed by atoms with Crippen LogP contribution in [0.15, 0.2) is 200 Å². The lowest BCUT2D eigenvalue weighted by molar-refractivity contribution is 0.479. The first-order valence-electron chi connectivity index (χ1n) is 24.4. The molecular formula is C64H64N4O. The third kappa shape index (κ3) is 8.72. The van der Waals surface area contributed by atoms with E-state index in [0.717, 1.165) is 44.8 Å². The lowest BCUT2D eigenvalue weighted by Gasteiger charge is -2.35. The van der Waals surface area contributed by atoms with Gasteiger partial charge in [0.25, 0.3) is 0 Å². The number of rotatable bonds is 10. The molecule has 69 heavy (non-hydrogen) atoms. The van der Waals surface area contributed by atoms with Gasteiger partial charge < -0.3 is 14.5 Å². The zero-order valence-electron chi connectivity index (χ0n) is 41.9. The zero-order chi connectivity index (χ0) is 48.3. The Balaban J connectivity index is 1.10. The van der Waals surface area contributed by atoms with Crippen LogP contribution < -0.4 is 14.5 Å². The summed E-state index contributed by atoms with van der Waals surface area (Å²) in [5, 5.41) is 2.30. The predicted molar refractivity (Wildman–Crippen MR) is 290 cm³/mol. The van der Waals surface area contributed by atoms with E-state index in [9.17, 15) is 0 Å². The molecular weight excluding hydrogens is 841 g/mol. The fourth-order valence-electron chi connectivity index (χ4n) is 9.96. The Morgan fingerprint density at radius 1 is 0.435 bits per heavy atom. The van der Waals surface area contributed by atoms with Gasteiger partial charge in [0.2, 0.25) is 0 Å². The summed E-state index contributed by atoms with van der Waals surface area (Å²) in [5.41, 5.74) is 13.5. The fraction of sp³-hybridized carbons (Fsp3) is 0.234. The van der Waals surface area contributed by atoms with Crippen molar-refractivity contribution in [2.75, 3.05) is 16.5 Å². The van der Waals surface area contributed by atoms with Crippen LogP contribution in [0.5, 0.6) is 11.5 Å². The predicted octanol–water partition coefficient (Wildman–Crippen LogP) is 16.7. The normalized spacial score (nSPS) is 13.6. The Bertz CT molecular complexity index is 3350. The second-order valence-corrected chi connectivity index (χ2v) is 21.9. The minimum absolute atomic E-state index is 0.0286. The summed E-state index contributed by atoms with van der Waals surface area (Å²) in [4.78, 5) is 9.97. The smallest absolute Gasteiger partial charge is 0.137 e. The van der Waals surface area contributed by atoms with Crippen molar-refractivity contribution in [3.63, 3.8) is 0 Å². The van der Waals surface area contributed by atoms with Crippen molar-refractivity contribution >= 4 is 33.2 Å². The summed E-state index contributed by atoms with van der Waals surface area (Å²) in [6.45, 7) is 23.6. The fourth-order valence-corrected chi connectivity index (χ4v) is 9.96. The number of aromatic nitrogens is 2. The number of hydrogen-bond donors (Lipinski definition) is 0. The monoisotopic (exact) mass is 905 g/mol. The van der Waals surface area contributed by atoms with Gasteiger partial charge in [-0.15, -0.1) is 0 Å². The lowest BCUT2D eigenvalue weighted by atomic mass is 9.78. The van der Waals surface area contributed by atoms with Crippen molar-refractivity contribution in [1.82, 2.24) is 9.55 Å². The van der Waals surface area contributed by atoms with Crippen molar-refractivity contribution in [2.24, 2.45) is 0 Å². The molecule has 0 aliphatic carbocycles. The highest BCUT2D eigenvalue weighted by Gasteiger charge is 2.37. The maximum atomic E-state index is 7.11. The molecule has 10 rings (SSSR count). The van der Waals surface area contributed by atoms with Crippen molar-refractivity contribution in [1.29, 1.82) is 0 Å². The van der Waals surface area contributed by atoms with Crippen LogP contribution in [0.3, 0.4) is 0 Å². The molecule has 9 aromatic rings. The van der Waals surface area contributed by atoms with Crippen LogP contribution in [0, 0.1) is 0 Å². The Morgan fingerprint density at radius 2 is 1.07 bits per heavy atom. The molecule has 1 aliphatic heterocycles. The molecule has 0 fully saturated rings. The van der Waals surface area contributed by atoms with Crippen LogP contribution in [0.4, 0.5) is 11.4 Å². The van der Waals surface area contributed by atoms with Gasteiger partial charge in [-0.3, -0.25) is 4.57 Å². The van der Waals surface area contributed by atoms with Crippen LogP contribution in [-0.4, -0.2) is 16.2 Å². The Hall–Kier alpha value is -7.37. The number of allylic oxidation sites excluding steroid dienone is 1. The molecule has 0 unspecified atom stereocenters. The highest BCUT2D eigenvalue weighted by atomic mass is 16.5. The van der Waals surface area contributed by atoms with E-state index in [0.29, 0.717) is 6.67 Å². The van der Waals surface area contributed by atoms with Gasteiger partial charge in [-0.1, -0.05) is 178 Å². The van der Waals surface area contributed by atoms with E-state index in [-0.39, 0.29) is 21.7 Å². The molecule has 346 valence electrons. The average Bonchev–Trinajstić information content (AvgIpc) is 3.95. The number of ether oxygens (including phenoxy) is 1. The second kappa shape index (κ2) is 17.3. The maximum absolute atomic E-state index is 7.11. The molecule has 0 N–H and O–H groups in total. The first-order chi connectivity index (χ1) is 32.9. The molecule has 0 saturated heterocycles. The maximum Gasteiger partial charge on any atom is 0.137 e. The van der Waals surface area contributed by atoms with Gasteiger partial charge in [0.15, 0.2) is 0 Å². The zero-order valence-corrected chi connectivity index (χ0v) is 41.9. The average molecular weight is 905 g/mol. The first kappa shape index (κ1) is 45.4. The Labute approximate surface area is 409 Å². The van der Waals surface area contributed by atoms with E-state index >= 15 is 0 Å². The van der Waals surface area contributed by atoms with Crippen molar-refractivity contribution in [3.8, 4) is 28.4 Å². The summed E-state index contributed by atoms with van der Waals surface area (Å²) in [5.74, 6) is 2.42. The van der Waals surface area contributed by atoms with Crippen LogP contribution in [-0.2, 0) is 21.7 Å². The summed E-state index contributed by atoms with van der Waals surface area (Å²) in [6.07, 6.45) is 4.31. The van der Waals surface area contributed by atoms with Crippen molar-refractivity contribution in [3.05, 3.63) is 228 Å². The second-order valence-electron chi connectivity index (χ2n) is 21.9. The molecule has 0 amide bonds. The van der Waals surface area contributed by atoms with Gasteiger partial charge in [-0.05, 0) is 110 Å². The van der Waals surface area contributed by atoms with Crippen LogP contribution in [0.2, 0.25) is 0 Å². The number of nitrogens with zero attached hydrogens (tertiary/aromatic N) is 4. The Morgan fingerprint density at radius 3 is 1.75 bits per heavy atom. The van der Waals surface area contributed by atoms with Crippen LogP contribution in [0.1, 0.15) is 97.1 Å². The van der Waals surface area contributed by atoms with E-state index in [4.69, 9.17) is 9.72 Å². The van der Waals surface area contributed by atoms with E-state index in [2.05, 4.69) is 272 Å². The Kier molecular flexibility index (Phi) is 11.4. The molecule has 7 aromatic carbocycles. The van der Waals surface area contributed by atoms with Crippen molar-refractivity contribution < 1.29 is 4.74 Å². The third-order valence-corrected chi connectivity index (χ3v) is 14.4. The minimum atomic E-state index is -0.309. The van der Waals surface area contributed by atoms with Crippen molar-refractivity contribution in [2.45, 2.75) is 90.9 Å². The van der Waals surface area contributed by atoms with Gasteiger partial charge in [0.1, 0.15) is 17.3 Å². The highest BCUT2D eigenvalue weighted by Crippen LogP contribution is 2.45. The number of pyridine rings is 1. The SMILES string of the molecule is CC(C)(C)c1cccc(N2C=C(C(C)(C)c3ccccc3)N(c3cc(Oc4ccc5c6cc(-c7ccccc7)ccc6n(-c6cc(C(C)(C)c7ccccc7)ccn6)c5c4)cc(C(C)(C)C)c3)C2)c1. The molecule has 5 heteroatoms. The number of benzene rings is 7. The number of anilines is 2. The summed E-state index contributed by atoms with van der Waals surface area (Å²) >= 11 is 0. The molecule has 1 aliphatic rings. The van der Waals surface area contributed by atoms with E-state index in [1.54, 1.807) is 0 Å². The highest BCUT2D eigenvalue weighted by molar-refractivity contribution is 6.10.